The van der Waals surface area contributed by atoms with Crippen LogP contribution in [0.15, 0.2) is 97.1 Å². The first kappa shape index (κ1) is 64.2. The van der Waals surface area contributed by atoms with E-state index in [4.69, 9.17) is 0 Å². The molecule has 0 aliphatic heterocycles. The quantitative estimate of drug-likeness (QED) is 0.0360. The third kappa shape index (κ3) is 15.7. The molecule has 11 heterocycles. The van der Waals surface area contributed by atoms with Crippen LogP contribution in [-0.4, -0.2) is 0 Å². The molecule has 0 bridgehead atoms. The standard InChI is InChI=1S/C75H86S11/c1-9-14-19-22-27-51-43-56(76-50(51)8)30-31-57-44-52(28-23-20-15-10-2)72(78-57)64-38-34-58(80-64)59-37-41-67(83-59)75-55(29-24-21-16-11-3)47-71(86-75)70-46-54(26-18-13-5)74(85-70)66-40-36-61(82-66)60-35-39-65(81-60)73-53(25-17-12-4)45-69(84-73)63-33-32-62(79-63)68-42-48(6)49(7)77-68/h32-47H,9-31H2,1-8H3. The Bertz CT molecular complexity index is 3870. The highest BCUT2D eigenvalue weighted by Crippen LogP contribution is 2.52. The predicted molar refractivity (Wildman–Crippen MR) is 401 cm³/mol. The minimum atomic E-state index is 1.12. The molecule has 0 nitrogen and oxygen atoms in total. The van der Waals surface area contributed by atoms with E-state index in [0.717, 1.165) is 32.1 Å². The number of hydrogen-bond donors (Lipinski definition) is 0. The molecule has 0 aliphatic carbocycles. The Balaban J connectivity index is 0.829. The highest BCUT2D eigenvalue weighted by atomic mass is 32.1. The topological polar surface area (TPSA) is 0 Å². The fourth-order valence-electron chi connectivity index (χ4n) is 11.7. The lowest BCUT2D eigenvalue weighted by Gasteiger charge is -2.02. The first-order chi connectivity index (χ1) is 42.1. The molecule has 0 radical (unpaired) electrons. The van der Waals surface area contributed by atoms with E-state index in [9.17, 15) is 0 Å². The van der Waals surface area contributed by atoms with E-state index in [-0.39, 0.29) is 0 Å². The van der Waals surface area contributed by atoms with Crippen molar-refractivity contribution >= 4 is 125 Å². The molecule has 0 saturated heterocycles. The lowest BCUT2D eigenvalue weighted by molar-refractivity contribution is 0.666. The maximum absolute atomic E-state index is 2.60. The number of aryl methyl sites for hydroxylation is 10. The van der Waals surface area contributed by atoms with Gasteiger partial charge in [-0.3, -0.25) is 0 Å². The zero-order chi connectivity index (χ0) is 59.5. The number of hydrogen-bond acceptors (Lipinski definition) is 11. The second-order valence-electron chi connectivity index (χ2n) is 23.6. The maximum Gasteiger partial charge on any atom is 0.0481 e. The molecule has 0 N–H and O–H groups in total. The Morgan fingerprint density at radius 2 is 0.523 bits per heavy atom. The van der Waals surface area contributed by atoms with Crippen LogP contribution in [0.3, 0.4) is 0 Å². The van der Waals surface area contributed by atoms with E-state index in [1.165, 1.54) is 235 Å². The van der Waals surface area contributed by atoms with E-state index < -0.39 is 0 Å². The molecule has 0 fully saturated rings. The summed E-state index contributed by atoms with van der Waals surface area (Å²) in [4.78, 5) is 31.7. The SMILES string of the molecule is CCCCCCc1cc(CCc2cc(CCCCCC)c(-c3ccc(-c4ccc(-c5sc(-c6cc(CCCC)c(-c7ccc(-c8ccc(-c9sc(-c%10ccc(-c%11cc(C)c(C)s%11)s%10)cc9CCCC)s8)s7)s6)cc5CCCCCC)s4)s3)s2)sc1C. The van der Waals surface area contributed by atoms with E-state index in [2.05, 4.69) is 175 Å². The Hall–Kier alpha value is -3.30. The van der Waals surface area contributed by atoms with Crippen molar-refractivity contribution in [3.63, 3.8) is 0 Å². The summed E-state index contributed by atoms with van der Waals surface area (Å²) < 4.78 is 0. The molecule has 86 heavy (non-hydrogen) atoms. The molecular weight excluding hydrogens is 1250 g/mol. The second-order valence-corrected chi connectivity index (χ2v) is 35.9. The lowest BCUT2D eigenvalue weighted by Crippen LogP contribution is -1.87. The minimum Gasteiger partial charge on any atom is -0.145 e. The van der Waals surface area contributed by atoms with Gasteiger partial charge in [-0.1, -0.05) is 105 Å². The summed E-state index contributed by atoms with van der Waals surface area (Å²) in [6, 6.07) is 39.3. The lowest BCUT2D eigenvalue weighted by atomic mass is 10.0. The van der Waals surface area contributed by atoms with Gasteiger partial charge in [0.25, 0.3) is 0 Å². The molecular formula is C75H86S11. The average Bonchev–Trinajstić information content (AvgIpc) is 2.17. The molecule has 0 unspecified atom stereocenters. The maximum atomic E-state index is 2.60. The Morgan fingerprint density at radius 1 is 0.221 bits per heavy atom. The monoisotopic (exact) mass is 1340 g/mol. The van der Waals surface area contributed by atoms with Gasteiger partial charge < -0.3 is 0 Å². The summed E-state index contributed by atoms with van der Waals surface area (Å²) in [5, 5.41) is 0. The van der Waals surface area contributed by atoms with Crippen molar-refractivity contribution in [3.8, 4) is 87.8 Å². The summed E-state index contributed by atoms with van der Waals surface area (Å²) in [5.41, 5.74) is 9.14. The molecule has 0 aromatic carbocycles. The third-order valence-corrected chi connectivity index (χ3v) is 31.0. The van der Waals surface area contributed by atoms with Crippen LogP contribution in [-0.2, 0) is 44.9 Å². The predicted octanol–water partition coefficient (Wildman–Crippen LogP) is 29.1. The van der Waals surface area contributed by atoms with Crippen LogP contribution < -0.4 is 0 Å². The van der Waals surface area contributed by atoms with Gasteiger partial charge in [0.1, 0.15) is 0 Å². The molecule has 452 valence electrons. The van der Waals surface area contributed by atoms with E-state index >= 15 is 0 Å². The van der Waals surface area contributed by atoms with Crippen molar-refractivity contribution in [1.29, 1.82) is 0 Å². The highest BCUT2D eigenvalue weighted by Gasteiger charge is 2.23. The van der Waals surface area contributed by atoms with Crippen LogP contribution in [0, 0.1) is 20.8 Å². The summed E-state index contributed by atoms with van der Waals surface area (Å²) >= 11 is 22.1. The molecule has 0 atom stereocenters. The Kier molecular flexibility index (Phi) is 23.3. The van der Waals surface area contributed by atoms with Gasteiger partial charge in [0.05, 0.1) is 0 Å². The summed E-state index contributed by atoms with van der Waals surface area (Å²) in [6.07, 6.45) is 28.6. The van der Waals surface area contributed by atoms with Crippen molar-refractivity contribution in [2.45, 2.75) is 203 Å². The fraction of sp³-hybridized carbons (Fsp3) is 0.413. The third-order valence-electron chi connectivity index (χ3n) is 16.8. The van der Waals surface area contributed by atoms with Crippen molar-refractivity contribution < 1.29 is 0 Å². The highest BCUT2D eigenvalue weighted by molar-refractivity contribution is 7.32. The van der Waals surface area contributed by atoms with Crippen LogP contribution in [0.25, 0.3) is 87.8 Å². The smallest absolute Gasteiger partial charge is 0.0481 e. The van der Waals surface area contributed by atoms with Gasteiger partial charge in [0.2, 0.25) is 0 Å². The fourth-order valence-corrected chi connectivity index (χ4v) is 24.7. The average molecular weight is 1340 g/mol. The van der Waals surface area contributed by atoms with Gasteiger partial charge in [-0.15, -0.1) is 125 Å². The molecule has 0 saturated carbocycles. The zero-order valence-corrected chi connectivity index (χ0v) is 61.0. The van der Waals surface area contributed by atoms with Gasteiger partial charge >= 0.3 is 0 Å². The van der Waals surface area contributed by atoms with Crippen LogP contribution in [0.1, 0.15) is 190 Å². The van der Waals surface area contributed by atoms with Crippen LogP contribution in [0.5, 0.6) is 0 Å². The van der Waals surface area contributed by atoms with Gasteiger partial charge in [0, 0.05) is 107 Å². The molecule has 11 aromatic heterocycles. The number of rotatable bonds is 33. The first-order valence-electron chi connectivity index (χ1n) is 32.3. The van der Waals surface area contributed by atoms with Crippen molar-refractivity contribution in [1.82, 2.24) is 0 Å². The van der Waals surface area contributed by atoms with Gasteiger partial charge in [-0.05, 0) is 228 Å². The Labute approximate surface area is 559 Å². The Morgan fingerprint density at radius 3 is 0.919 bits per heavy atom. The van der Waals surface area contributed by atoms with E-state index in [0.29, 0.717) is 0 Å². The van der Waals surface area contributed by atoms with Crippen molar-refractivity contribution in [3.05, 3.63) is 150 Å². The molecule has 0 aliphatic rings. The van der Waals surface area contributed by atoms with Gasteiger partial charge in [-0.2, -0.15) is 0 Å². The minimum absolute atomic E-state index is 1.12. The zero-order valence-electron chi connectivity index (χ0n) is 52.0. The van der Waals surface area contributed by atoms with Crippen LogP contribution >= 0.6 is 125 Å². The van der Waals surface area contributed by atoms with Gasteiger partial charge in [-0.25, -0.2) is 0 Å². The van der Waals surface area contributed by atoms with Crippen LogP contribution in [0.4, 0.5) is 0 Å². The second kappa shape index (κ2) is 31.1. The summed E-state index contributed by atoms with van der Waals surface area (Å²) in [6.45, 7) is 18.5. The van der Waals surface area contributed by atoms with E-state index in [1.807, 2.05) is 102 Å². The largest absolute Gasteiger partial charge is 0.145 e. The van der Waals surface area contributed by atoms with Crippen LogP contribution in [0.2, 0.25) is 0 Å². The van der Waals surface area contributed by atoms with Gasteiger partial charge in [0.15, 0.2) is 0 Å². The number of unbranched alkanes of at least 4 members (excludes halogenated alkanes) is 11. The summed E-state index contributed by atoms with van der Waals surface area (Å²) in [7, 11) is 0. The van der Waals surface area contributed by atoms with E-state index in [1.54, 1.807) is 20.9 Å². The van der Waals surface area contributed by atoms with Crippen molar-refractivity contribution in [2.75, 3.05) is 0 Å². The summed E-state index contributed by atoms with van der Waals surface area (Å²) in [5.74, 6) is 0. The normalized spacial score (nSPS) is 11.9. The first-order valence-corrected chi connectivity index (χ1v) is 41.3. The molecule has 0 amide bonds. The number of thiophene rings is 11. The molecule has 0 spiro atoms. The molecule has 11 aromatic rings. The molecule has 11 heteroatoms. The van der Waals surface area contributed by atoms with Crippen molar-refractivity contribution in [2.24, 2.45) is 0 Å². The molecule has 11 rings (SSSR count).